The van der Waals surface area contributed by atoms with E-state index in [0.717, 1.165) is 34.1 Å². The van der Waals surface area contributed by atoms with Crippen LogP contribution in [-0.2, 0) is 17.9 Å². The summed E-state index contributed by atoms with van der Waals surface area (Å²) in [6, 6.07) is 31.6. The highest BCUT2D eigenvalue weighted by molar-refractivity contribution is 6.06. The fraction of sp³-hybridized carbons (Fsp3) is 0.212. The molecule has 0 radical (unpaired) electrons. The molecule has 1 aliphatic heterocycles. The van der Waals surface area contributed by atoms with Crippen LogP contribution in [0.3, 0.4) is 0 Å². The van der Waals surface area contributed by atoms with Crippen molar-refractivity contribution in [2.24, 2.45) is 5.41 Å². The maximum atomic E-state index is 14.5. The van der Waals surface area contributed by atoms with Gasteiger partial charge in [-0.25, -0.2) is 4.39 Å². The predicted octanol–water partition coefficient (Wildman–Crippen LogP) is 7.05. The number of halogens is 1. The predicted molar refractivity (Wildman–Crippen MR) is 148 cm³/mol. The average molecular weight is 502 g/mol. The molecular weight excluding hydrogens is 473 g/mol. The highest BCUT2D eigenvalue weighted by Gasteiger charge is 2.61. The first-order valence-electron chi connectivity index (χ1n) is 13.2. The topological polar surface area (TPSA) is 38.1 Å². The molecule has 1 saturated carbocycles. The van der Waals surface area contributed by atoms with Crippen LogP contribution in [0.15, 0.2) is 103 Å². The molecule has 7 rings (SSSR count). The lowest BCUT2D eigenvalue weighted by atomic mass is 9.82. The summed E-state index contributed by atoms with van der Waals surface area (Å²) >= 11 is 0. The lowest BCUT2D eigenvalue weighted by Gasteiger charge is -2.22. The molecule has 1 aliphatic carbocycles. The zero-order chi connectivity index (χ0) is 25.9. The van der Waals surface area contributed by atoms with Gasteiger partial charge in [-0.3, -0.25) is 9.48 Å². The molecule has 188 valence electrons. The van der Waals surface area contributed by atoms with Gasteiger partial charge in [-0.05, 0) is 64.3 Å². The molecule has 5 aromatic rings. The summed E-state index contributed by atoms with van der Waals surface area (Å²) in [6.45, 7) is 3.38. The Hall–Kier alpha value is -4.25. The van der Waals surface area contributed by atoms with E-state index in [2.05, 4.69) is 42.4 Å². The number of carbonyl (C=O) groups excluding carboxylic acids is 1. The quantitative estimate of drug-likeness (QED) is 0.250. The Kier molecular flexibility index (Phi) is 5.22. The maximum Gasteiger partial charge on any atom is 0.235 e. The summed E-state index contributed by atoms with van der Waals surface area (Å²) in [6.07, 6.45) is 2.80. The highest BCUT2D eigenvalue weighted by atomic mass is 19.1. The standard InChI is InChI=1S/C33H28FN3O/c1-33(31-27-17-26(34)14-15-29(27)36(32(31)38)20-22-8-4-2-5-9-22)18-28(33)24-12-13-25-19-35-37(30(25)16-24)21-23-10-6-3-7-11-23/h2-17,19,28,31H,18,20-21H2,1H3. The lowest BCUT2D eigenvalue weighted by Crippen LogP contribution is -2.31. The smallest absolute Gasteiger partial charge is 0.235 e. The van der Waals surface area contributed by atoms with Gasteiger partial charge in [0.05, 0.1) is 30.7 Å². The van der Waals surface area contributed by atoms with Gasteiger partial charge < -0.3 is 4.90 Å². The molecule has 1 aromatic heterocycles. The van der Waals surface area contributed by atoms with Crippen molar-refractivity contribution in [1.29, 1.82) is 0 Å². The third kappa shape index (κ3) is 3.73. The largest absolute Gasteiger partial charge is 0.307 e. The van der Waals surface area contributed by atoms with E-state index in [1.165, 1.54) is 17.2 Å². The van der Waals surface area contributed by atoms with Gasteiger partial charge in [0.25, 0.3) is 0 Å². The van der Waals surface area contributed by atoms with Crippen LogP contribution >= 0.6 is 0 Å². The van der Waals surface area contributed by atoms with Crippen molar-refractivity contribution < 1.29 is 9.18 Å². The van der Waals surface area contributed by atoms with Gasteiger partial charge in [0.2, 0.25) is 5.91 Å². The summed E-state index contributed by atoms with van der Waals surface area (Å²) in [4.78, 5) is 15.8. The van der Waals surface area contributed by atoms with Crippen molar-refractivity contribution in [2.75, 3.05) is 4.90 Å². The van der Waals surface area contributed by atoms with Crippen molar-refractivity contribution in [3.05, 3.63) is 131 Å². The van der Waals surface area contributed by atoms with Crippen molar-refractivity contribution in [3.8, 4) is 0 Å². The summed E-state index contributed by atoms with van der Waals surface area (Å²) < 4.78 is 16.5. The maximum absolute atomic E-state index is 14.5. The molecule has 0 bridgehead atoms. The molecule has 1 amide bonds. The van der Waals surface area contributed by atoms with E-state index in [-0.39, 0.29) is 29.0 Å². The first-order valence-corrected chi connectivity index (χ1v) is 13.2. The summed E-state index contributed by atoms with van der Waals surface area (Å²) in [5.41, 5.74) is 5.93. The lowest BCUT2D eigenvalue weighted by molar-refractivity contribution is -0.120. The Labute approximate surface area is 221 Å². The molecule has 3 unspecified atom stereocenters. The Morgan fingerprint density at radius 3 is 2.34 bits per heavy atom. The van der Waals surface area contributed by atoms with Gasteiger partial charge in [-0.2, -0.15) is 5.10 Å². The van der Waals surface area contributed by atoms with Gasteiger partial charge in [0.1, 0.15) is 5.82 Å². The van der Waals surface area contributed by atoms with Crippen LogP contribution in [0.25, 0.3) is 10.9 Å². The third-order valence-corrected chi connectivity index (χ3v) is 8.47. The Bertz CT molecular complexity index is 1660. The second-order valence-electron chi connectivity index (χ2n) is 10.9. The van der Waals surface area contributed by atoms with Crippen LogP contribution < -0.4 is 4.90 Å². The van der Waals surface area contributed by atoms with Crippen molar-refractivity contribution in [1.82, 2.24) is 9.78 Å². The van der Waals surface area contributed by atoms with E-state index in [0.29, 0.717) is 13.1 Å². The third-order valence-electron chi connectivity index (χ3n) is 8.47. The van der Waals surface area contributed by atoms with E-state index in [9.17, 15) is 9.18 Å². The second-order valence-corrected chi connectivity index (χ2v) is 10.9. The van der Waals surface area contributed by atoms with Crippen LogP contribution in [0, 0.1) is 11.2 Å². The molecule has 3 atom stereocenters. The van der Waals surface area contributed by atoms with E-state index < -0.39 is 0 Å². The molecule has 1 fully saturated rings. The highest BCUT2D eigenvalue weighted by Crippen LogP contribution is 2.68. The normalized spacial score (nSPS) is 22.2. The molecule has 38 heavy (non-hydrogen) atoms. The number of aromatic nitrogens is 2. The zero-order valence-electron chi connectivity index (χ0n) is 21.2. The minimum atomic E-state index is -0.369. The monoisotopic (exact) mass is 501 g/mol. The van der Waals surface area contributed by atoms with Crippen molar-refractivity contribution in [2.45, 2.75) is 38.3 Å². The molecule has 0 spiro atoms. The van der Waals surface area contributed by atoms with Crippen molar-refractivity contribution in [3.63, 3.8) is 0 Å². The first-order chi connectivity index (χ1) is 18.5. The van der Waals surface area contributed by atoms with Crippen LogP contribution in [0.4, 0.5) is 10.1 Å². The van der Waals surface area contributed by atoms with E-state index in [4.69, 9.17) is 0 Å². The average Bonchev–Trinajstić information content (AvgIpc) is 3.33. The molecule has 0 saturated heterocycles. The van der Waals surface area contributed by atoms with Crippen LogP contribution in [-0.4, -0.2) is 15.7 Å². The number of carbonyl (C=O) groups is 1. The molecule has 2 heterocycles. The number of rotatable bonds is 6. The summed E-state index contributed by atoms with van der Waals surface area (Å²) in [5.74, 6) is -0.384. The Morgan fingerprint density at radius 1 is 0.895 bits per heavy atom. The van der Waals surface area contributed by atoms with Gasteiger partial charge >= 0.3 is 0 Å². The SMILES string of the molecule is CC1(C2C(=O)N(Cc3ccccc3)c3ccc(F)cc32)CC1c1ccc2cnn(Cc3ccccc3)c2c1. The van der Waals surface area contributed by atoms with E-state index in [1.807, 2.05) is 64.3 Å². The molecule has 4 aromatic carbocycles. The summed E-state index contributed by atoms with van der Waals surface area (Å²) in [7, 11) is 0. The number of benzene rings is 4. The second kappa shape index (κ2) is 8.66. The van der Waals surface area contributed by atoms with E-state index >= 15 is 0 Å². The van der Waals surface area contributed by atoms with E-state index in [1.54, 1.807) is 12.1 Å². The Morgan fingerprint density at radius 2 is 1.61 bits per heavy atom. The number of hydrogen-bond donors (Lipinski definition) is 0. The van der Waals surface area contributed by atoms with Crippen LogP contribution in [0.1, 0.15) is 47.4 Å². The number of nitrogens with zero attached hydrogens (tertiary/aromatic N) is 3. The van der Waals surface area contributed by atoms with Crippen LogP contribution in [0.5, 0.6) is 0 Å². The molecule has 5 heteroatoms. The number of hydrogen-bond acceptors (Lipinski definition) is 2. The number of fused-ring (bicyclic) bond motifs is 2. The van der Waals surface area contributed by atoms with Gasteiger partial charge in [0.15, 0.2) is 0 Å². The first kappa shape index (κ1) is 22.9. The van der Waals surface area contributed by atoms with Gasteiger partial charge in [0, 0.05) is 11.1 Å². The fourth-order valence-electron chi connectivity index (χ4n) is 6.36. The summed E-state index contributed by atoms with van der Waals surface area (Å²) in [5, 5.41) is 5.74. The molecule has 2 aliphatic rings. The minimum Gasteiger partial charge on any atom is -0.307 e. The zero-order valence-corrected chi connectivity index (χ0v) is 21.2. The molecule has 4 nitrogen and oxygen atoms in total. The molecular formula is C33H28FN3O. The van der Waals surface area contributed by atoms with Gasteiger partial charge in [-0.15, -0.1) is 0 Å². The Balaban J connectivity index is 1.21. The number of amides is 1. The van der Waals surface area contributed by atoms with Crippen molar-refractivity contribution >= 4 is 22.5 Å². The molecule has 0 N–H and O–H groups in total. The van der Waals surface area contributed by atoms with Crippen LogP contribution in [0.2, 0.25) is 0 Å². The minimum absolute atomic E-state index is 0.0645. The van der Waals surface area contributed by atoms with Gasteiger partial charge in [-0.1, -0.05) is 79.7 Å². The fourth-order valence-corrected chi connectivity index (χ4v) is 6.36. The number of anilines is 1.